The lowest BCUT2D eigenvalue weighted by Gasteiger charge is -2.02. The van der Waals surface area contributed by atoms with Crippen LogP contribution in [0.3, 0.4) is 0 Å². The number of hydrogen-bond acceptors (Lipinski definition) is 2. The van der Waals surface area contributed by atoms with Crippen molar-refractivity contribution in [3.05, 3.63) is 35.1 Å². The fourth-order valence-corrected chi connectivity index (χ4v) is 0.966. The molecule has 0 heterocycles. The molecule has 0 spiro atoms. The largest absolute Gasteiger partial charge is 0.465 e. The predicted octanol–water partition coefficient (Wildman–Crippen LogP) is 1.28. The van der Waals surface area contributed by atoms with Crippen LogP contribution < -0.4 is 0 Å². The molecule has 0 amide bonds. The van der Waals surface area contributed by atoms with Crippen LogP contribution in [0, 0.1) is 5.82 Å². The van der Waals surface area contributed by atoms with E-state index >= 15 is 0 Å². The summed E-state index contributed by atoms with van der Waals surface area (Å²) in [5.41, 5.74) is 0.618. The topological polar surface area (TPSA) is 26.3 Å². The molecule has 0 bridgehead atoms. The van der Waals surface area contributed by atoms with Gasteiger partial charge in [-0.15, -0.1) is 0 Å². The number of ether oxygens (including phenoxy) is 1. The van der Waals surface area contributed by atoms with E-state index in [0.717, 1.165) is 0 Å². The van der Waals surface area contributed by atoms with Crippen LogP contribution >= 0.6 is 0 Å². The summed E-state index contributed by atoms with van der Waals surface area (Å²) in [4.78, 5) is 11.0. The minimum Gasteiger partial charge on any atom is -0.465 e. The monoisotopic (exact) mass is 178 g/mol. The summed E-state index contributed by atoms with van der Waals surface area (Å²) in [7, 11) is 6.54. The third kappa shape index (κ3) is 2.08. The van der Waals surface area contributed by atoms with Crippen molar-refractivity contribution in [2.24, 2.45) is 0 Å². The highest BCUT2D eigenvalue weighted by atomic mass is 19.1. The standard InChI is InChI=1S/C9H8BFO2/c1-13-9(12)7-4-6(5-10)2-3-8(7)11/h2-4H,5H2,1H3. The summed E-state index contributed by atoms with van der Waals surface area (Å²) in [6.45, 7) is 0. The second-order valence-electron chi connectivity index (χ2n) is 2.51. The zero-order valence-corrected chi connectivity index (χ0v) is 7.21. The summed E-state index contributed by atoms with van der Waals surface area (Å²) in [5, 5.41) is 0. The summed E-state index contributed by atoms with van der Waals surface area (Å²) in [6.07, 6.45) is 0.268. The molecule has 0 aliphatic rings. The van der Waals surface area contributed by atoms with Gasteiger partial charge in [-0.1, -0.05) is 17.9 Å². The SMILES string of the molecule is [B]Cc1ccc(F)c(C(=O)OC)c1. The Morgan fingerprint density at radius 1 is 1.62 bits per heavy atom. The smallest absolute Gasteiger partial charge is 0.340 e. The highest BCUT2D eigenvalue weighted by Gasteiger charge is 2.11. The van der Waals surface area contributed by atoms with Crippen LogP contribution in [0.25, 0.3) is 0 Å². The number of benzene rings is 1. The van der Waals surface area contributed by atoms with Crippen LogP contribution in [-0.4, -0.2) is 20.9 Å². The maximum atomic E-state index is 13.0. The van der Waals surface area contributed by atoms with Gasteiger partial charge in [0.05, 0.1) is 20.5 Å². The second kappa shape index (κ2) is 4.07. The molecule has 0 N–H and O–H groups in total. The van der Waals surface area contributed by atoms with Crippen molar-refractivity contribution in [3.8, 4) is 0 Å². The lowest BCUT2D eigenvalue weighted by Crippen LogP contribution is -2.05. The lowest BCUT2D eigenvalue weighted by molar-refractivity contribution is 0.0595. The molecule has 0 fully saturated rings. The van der Waals surface area contributed by atoms with Crippen LogP contribution in [0.5, 0.6) is 0 Å². The van der Waals surface area contributed by atoms with E-state index in [1.807, 2.05) is 0 Å². The molecular formula is C9H8BFO2. The predicted molar refractivity (Wildman–Crippen MR) is 47.2 cm³/mol. The Balaban J connectivity index is 3.11. The van der Waals surface area contributed by atoms with Gasteiger partial charge < -0.3 is 4.74 Å². The Morgan fingerprint density at radius 2 is 2.31 bits per heavy atom. The molecule has 1 aromatic rings. The maximum absolute atomic E-state index is 13.0. The van der Waals surface area contributed by atoms with E-state index in [2.05, 4.69) is 4.74 Å². The normalized spacial score (nSPS) is 9.69. The minimum absolute atomic E-state index is 0.0783. The average Bonchev–Trinajstić information content (AvgIpc) is 2.17. The van der Waals surface area contributed by atoms with Gasteiger partial charge in [0.1, 0.15) is 5.82 Å². The third-order valence-corrected chi connectivity index (χ3v) is 1.67. The van der Waals surface area contributed by atoms with Crippen molar-refractivity contribution < 1.29 is 13.9 Å². The quantitative estimate of drug-likeness (QED) is 0.503. The Morgan fingerprint density at radius 3 is 2.85 bits per heavy atom. The Bertz CT molecular complexity index is 325. The molecule has 1 aromatic carbocycles. The summed E-state index contributed by atoms with van der Waals surface area (Å²) >= 11 is 0. The maximum Gasteiger partial charge on any atom is 0.340 e. The zero-order chi connectivity index (χ0) is 9.84. The van der Waals surface area contributed by atoms with E-state index in [1.54, 1.807) is 0 Å². The number of rotatable bonds is 2. The molecule has 0 aliphatic heterocycles. The van der Waals surface area contributed by atoms with E-state index in [9.17, 15) is 9.18 Å². The summed E-state index contributed by atoms with van der Waals surface area (Å²) in [6, 6.07) is 4.12. The number of halogens is 1. The zero-order valence-electron chi connectivity index (χ0n) is 7.21. The average molecular weight is 178 g/mol. The lowest BCUT2D eigenvalue weighted by atomic mass is 9.95. The first-order chi connectivity index (χ1) is 6.19. The van der Waals surface area contributed by atoms with Crippen molar-refractivity contribution in [2.75, 3.05) is 7.11 Å². The molecule has 2 nitrogen and oxygen atoms in total. The van der Waals surface area contributed by atoms with Crippen LogP contribution in [0.1, 0.15) is 15.9 Å². The molecule has 0 saturated heterocycles. The molecule has 0 unspecified atom stereocenters. The van der Waals surface area contributed by atoms with Crippen molar-refractivity contribution in [2.45, 2.75) is 6.32 Å². The molecule has 2 radical (unpaired) electrons. The molecular weight excluding hydrogens is 170 g/mol. The van der Waals surface area contributed by atoms with Crippen LogP contribution in [0.4, 0.5) is 4.39 Å². The number of methoxy groups -OCH3 is 1. The molecule has 1 rings (SSSR count). The highest BCUT2D eigenvalue weighted by molar-refractivity contribution is 6.08. The summed E-state index contributed by atoms with van der Waals surface area (Å²) < 4.78 is 17.4. The van der Waals surface area contributed by atoms with Gasteiger partial charge in [0, 0.05) is 0 Å². The number of hydrogen-bond donors (Lipinski definition) is 0. The second-order valence-corrected chi connectivity index (χ2v) is 2.51. The van der Waals surface area contributed by atoms with Crippen LogP contribution in [0.2, 0.25) is 0 Å². The van der Waals surface area contributed by atoms with E-state index < -0.39 is 11.8 Å². The van der Waals surface area contributed by atoms with Crippen molar-refractivity contribution in [1.82, 2.24) is 0 Å². The first-order valence-electron chi connectivity index (χ1n) is 3.76. The molecule has 13 heavy (non-hydrogen) atoms. The fraction of sp³-hybridized carbons (Fsp3) is 0.222. The number of carbonyl (C=O) groups excluding carboxylic acids is 1. The molecule has 0 saturated carbocycles. The van der Waals surface area contributed by atoms with Crippen molar-refractivity contribution in [3.63, 3.8) is 0 Å². The highest BCUT2D eigenvalue weighted by Crippen LogP contribution is 2.11. The molecule has 0 aliphatic carbocycles. The Labute approximate surface area is 77.1 Å². The van der Waals surface area contributed by atoms with Crippen LogP contribution in [-0.2, 0) is 11.1 Å². The van der Waals surface area contributed by atoms with E-state index in [1.165, 1.54) is 25.3 Å². The Hall–Kier alpha value is -1.32. The van der Waals surface area contributed by atoms with Crippen molar-refractivity contribution >= 4 is 13.8 Å². The molecule has 0 aromatic heterocycles. The van der Waals surface area contributed by atoms with Gasteiger partial charge >= 0.3 is 5.97 Å². The number of esters is 1. The van der Waals surface area contributed by atoms with Crippen molar-refractivity contribution in [1.29, 1.82) is 0 Å². The van der Waals surface area contributed by atoms with Gasteiger partial charge in [-0.3, -0.25) is 0 Å². The van der Waals surface area contributed by atoms with Gasteiger partial charge in [0.15, 0.2) is 0 Å². The van der Waals surface area contributed by atoms with Crippen LogP contribution in [0.15, 0.2) is 18.2 Å². The van der Waals surface area contributed by atoms with Gasteiger partial charge in [0.25, 0.3) is 0 Å². The first kappa shape index (κ1) is 9.77. The molecule has 4 heteroatoms. The van der Waals surface area contributed by atoms with Gasteiger partial charge in [0.2, 0.25) is 0 Å². The van der Waals surface area contributed by atoms with E-state index in [4.69, 9.17) is 7.85 Å². The first-order valence-corrected chi connectivity index (χ1v) is 3.76. The van der Waals surface area contributed by atoms with Gasteiger partial charge in [-0.2, -0.15) is 0 Å². The van der Waals surface area contributed by atoms with E-state index in [-0.39, 0.29) is 11.9 Å². The fourth-order valence-electron chi connectivity index (χ4n) is 0.966. The molecule has 0 atom stereocenters. The van der Waals surface area contributed by atoms with Gasteiger partial charge in [-0.25, -0.2) is 9.18 Å². The van der Waals surface area contributed by atoms with E-state index in [0.29, 0.717) is 5.56 Å². The third-order valence-electron chi connectivity index (χ3n) is 1.67. The minimum atomic E-state index is -0.687. The molecule has 66 valence electrons. The Kier molecular flexibility index (Phi) is 3.06. The number of carbonyl (C=O) groups is 1. The van der Waals surface area contributed by atoms with Gasteiger partial charge in [-0.05, 0) is 12.1 Å². The summed E-state index contributed by atoms with van der Waals surface area (Å²) in [5.74, 6) is -1.28.